The molecule has 296 valence electrons. The second-order valence-corrected chi connectivity index (χ2v) is 23.4. The van der Waals surface area contributed by atoms with Crippen molar-refractivity contribution in [1.82, 2.24) is 0 Å². The molecule has 6 rings (SSSR count). The van der Waals surface area contributed by atoms with E-state index in [9.17, 15) is 60.7 Å². The molecule has 0 saturated carbocycles. The molecular weight excluding hydrogens is 1040 g/mol. The van der Waals surface area contributed by atoms with Crippen molar-refractivity contribution in [2.24, 2.45) is 0 Å². The van der Waals surface area contributed by atoms with E-state index in [4.69, 9.17) is 5.03 Å². The molecular formula is C36H20F10I2O6S2. The number of halogens is 12. The summed E-state index contributed by atoms with van der Waals surface area (Å²) in [7, 11) is -10.6. The van der Waals surface area contributed by atoms with Gasteiger partial charge in [0.2, 0.25) is 0 Å². The molecule has 0 aliphatic rings. The summed E-state index contributed by atoms with van der Waals surface area (Å²) in [6.45, 7) is 0. The average Bonchev–Trinajstić information content (AvgIpc) is 3.20. The monoisotopic (exact) mass is 1060 g/mol. The molecule has 56 heavy (non-hydrogen) atoms. The summed E-state index contributed by atoms with van der Waals surface area (Å²) in [5.74, 6) is -24.2. The van der Waals surface area contributed by atoms with Gasteiger partial charge < -0.3 is 0 Å². The van der Waals surface area contributed by atoms with Crippen molar-refractivity contribution in [2.75, 3.05) is 0 Å². The van der Waals surface area contributed by atoms with Gasteiger partial charge in [-0.25, -0.2) is 0 Å². The summed E-state index contributed by atoms with van der Waals surface area (Å²) in [5.41, 5.74) is 0. The Kier molecular flexibility index (Phi) is 13.8. The molecule has 0 aliphatic carbocycles. The van der Waals surface area contributed by atoms with Gasteiger partial charge in [0.1, 0.15) is 0 Å². The molecule has 20 heteroatoms. The zero-order valence-corrected chi connectivity index (χ0v) is 33.3. The minimum absolute atomic E-state index is 0.449. The topological polar surface area (TPSA) is 86.7 Å². The van der Waals surface area contributed by atoms with Crippen molar-refractivity contribution in [3.8, 4) is 0 Å². The summed E-state index contributed by atoms with van der Waals surface area (Å²) in [5, 5.41) is 0. The molecule has 0 atom stereocenters. The minimum atomic E-state index is -5.31. The van der Waals surface area contributed by atoms with E-state index in [1.54, 1.807) is 121 Å². The SMILES string of the molecule is O=S(=O)(OI(c1ccccc1)c1ccccc1)c1c(F)c(F)c(F)c(F)c1F.O=S(=O)(OI(c1ccccc1)c1ccccc1)c1c(F)c(F)c(F)c(F)c1F. The molecule has 0 radical (unpaired) electrons. The zero-order chi connectivity index (χ0) is 40.9. The van der Waals surface area contributed by atoms with Crippen molar-refractivity contribution in [2.45, 2.75) is 9.79 Å². The molecule has 0 spiro atoms. The van der Waals surface area contributed by atoms with Crippen LogP contribution in [0.25, 0.3) is 0 Å². The van der Waals surface area contributed by atoms with Crippen LogP contribution in [0.4, 0.5) is 43.9 Å². The van der Waals surface area contributed by atoms with Gasteiger partial charge in [-0.15, -0.1) is 0 Å². The molecule has 0 bridgehead atoms. The van der Waals surface area contributed by atoms with Crippen LogP contribution in [-0.2, 0) is 25.3 Å². The van der Waals surface area contributed by atoms with Crippen LogP contribution in [-0.4, -0.2) is 16.8 Å². The molecule has 6 aromatic carbocycles. The Bertz CT molecular complexity index is 2260. The van der Waals surface area contributed by atoms with Gasteiger partial charge in [-0.2, -0.15) is 0 Å². The molecule has 0 fully saturated rings. The fourth-order valence-corrected chi connectivity index (χ4v) is 18.5. The van der Waals surface area contributed by atoms with E-state index in [1.165, 1.54) is 0 Å². The first-order valence-corrected chi connectivity index (χ1v) is 23.9. The maximum atomic E-state index is 14.0. The third-order valence-corrected chi connectivity index (χ3v) is 21.6. The number of rotatable bonds is 10. The summed E-state index contributed by atoms with van der Waals surface area (Å²) in [6, 6.07) is 32.0. The molecule has 0 heterocycles. The Labute approximate surface area is 327 Å². The molecule has 6 aromatic rings. The van der Waals surface area contributed by atoms with Crippen LogP contribution >= 0.6 is 40.5 Å². The number of hydrogen-bond acceptors (Lipinski definition) is 6. The first-order valence-electron chi connectivity index (χ1n) is 15.0. The second kappa shape index (κ2) is 18.0. The Morgan fingerprint density at radius 2 is 0.482 bits per heavy atom. The predicted octanol–water partition coefficient (Wildman–Crippen LogP) is 10.5. The van der Waals surface area contributed by atoms with Gasteiger partial charge in [-0.1, -0.05) is 0 Å². The Morgan fingerprint density at radius 3 is 0.679 bits per heavy atom. The van der Waals surface area contributed by atoms with E-state index >= 15 is 0 Å². The first-order chi connectivity index (χ1) is 26.5. The second-order valence-electron chi connectivity index (χ2n) is 10.5. The Balaban J connectivity index is 0.000000214. The first kappa shape index (κ1) is 43.0. The molecule has 0 saturated heterocycles. The molecule has 0 N–H and O–H groups in total. The third kappa shape index (κ3) is 9.20. The maximum absolute atomic E-state index is 14.0. The van der Waals surface area contributed by atoms with Crippen molar-refractivity contribution >= 4 is 60.7 Å². The van der Waals surface area contributed by atoms with Crippen LogP contribution in [0.5, 0.6) is 0 Å². The Hall–Kier alpha value is -4.10. The van der Waals surface area contributed by atoms with Crippen LogP contribution < -0.4 is 0 Å². The van der Waals surface area contributed by atoms with Crippen LogP contribution in [0.1, 0.15) is 0 Å². The van der Waals surface area contributed by atoms with Gasteiger partial charge in [0.25, 0.3) is 0 Å². The van der Waals surface area contributed by atoms with Crippen molar-refractivity contribution < 1.29 is 65.8 Å². The number of hydrogen-bond donors (Lipinski definition) is 0. The van der Waals surface area contributed by atoms with Crippen molar-refractivity contribution in [1.29, 1.82) is 0 Å². The van der Waals surface area contributed by atoms with Gasteiger partial charge in [0.05, 0.1) is 0 Å². The quantitative estimate of drug-likeness (QED) is 0.0588. The van der Waals surface area contributed by atoms with Gasteiger partial charge in [0.15, 0.2) is 0 Å². The molecule has 0 unspecified atom stereocenters. The summed E-state index contributed by atoms with van der Waals surface area (Å²) >= 11 is -6.62. The van der Waals surface area contributed by atoms with Crippen LogP contribution in [0.2, 0.25) is 0 Å². The molecule has 0 aromatic heterocycles. The summed E-state index contributed by atoms with van der Waals surface area (Å²) in [6.07, 6.45) is 0. The number of benzene rings is 6. The predicted molar refractivity (Wildman–Crippen MR) is 198 cm³/mol. The average molecular weight is 1060 g/mol. The molecule has 6 nitrogen and oxygen atoms in total. The van der Waals surface area contributed by atoms with Gasteiger partial charge in [0, 0.05) is 0 Å². The standard InChI is InChI=1S/2C18H10F5IO3S/c2*19-13-14(20)16(22)18(17(23)15(13)21)28(25,26)27-24(11-7-3-1-4-8-11)12-9-5-2-6-10-12/h2*1-10H. The van der Waals surface area contributed by atoms with E-state index in [0.29, 0.717) is 14.3 Å². The zero-order valence-electron chi connectivity index (χ0n) is 27.3. The normalized spacial score (nSPS) is 12.1. The van der Waals surface area contributed by atoms with E-state index in [1.807, 2.05) is 0 Å². The van der Waals surface area contributed by atoms with E-state index in [-0.39, 0.29) is 0 Å². The summed E-state index contributed by atoms with van der Waals surface area (Å²) < 4.78 is 198. The third-order valence-electron chi connectivity index (χ3n) is 6.86. The van der Waals surface area contributed by atoms with Crippen molar-refractivity contribution in [3.63, 3.8) is 0 Å². The fraction of sp³-hybridized carbons (Fsp3) is 0. The molecule has 0 amide bonds. The summed E-state index contributed by atoms with van der Waals surface area (Å²) in [4.78, 5) is -4.00. The van der Waals surface area contributed by atoms with Gasteiger partial charge >= 0.3 is 330 Å². The van der Waals surface area contributed by atoms with Crippen molar-refractivity contribution in [3.05, 3.63) is 194 Å². The van der Waals surface area contributed by atoms with E-state index in [0.717, 1.165) is 0 Å². The van der Waals surface area contributed by atoms with Gasteiger partial charge in [-0.3, -0.25) is 0 Å². The van der Waals surface area contributed by atoms with Crippen LogP contribution in [0, 0.1) is 72.5 Å². The molecule has 0 aliphatic heterocycles. The van der Waals surface area contributed by atoms with Gasteiger partial charge in [-0.05, 0) is 0 Å². The van der Waals surface area contributed by atoms with E-state index in [2.05, 4.69) is 0 Å². The van der Waals surface area contributed by atoms with Crippen LogP contribution in [0.15, 0.2) is 131 Å². The Morgan fingerprint density at radius 1 is 0.304 bits per heavy atom. The van der Waals surface area contributed by atoms with Crippen LogP contribution in [0.3, 0.4) is 0 Å². The fourth-order valence-electron chi connectivity index (χ4n) is 4.35. The van der Waals surface area contributed by atoms with E-state index < -0.39 is 129 Å².